The molecule has 0 unspecified atom stereocenters. The van der Waals surface area contributed by atoms with Gasteiger partial charge in [0.05, 0.1) is 25.8 Å². The molecule has 6 nitrogen and oxygen atoms in total. The summed E-state index contributed by atoms with van der Waals surface area (Å²) in [6.07, 6.45) is 0. The first-order valence-electron chi connectivity index (χ1n) is 8.68. The van der Waals surface area contributed by atoms with Crippen LogP contribution in [-0.4, -0.2) is 45.3 Å². The van der Waals surface area contributed by atoms with E-state index in [1.54, 1.807) is 13.1 Å². The molecule has 0 aliphatic rings. The predicted octanol–water partition coefficient (Wildman–Crippen LogP) is 4.63. The molecule has 2 aromatic carbocycles. The molecule has 0 N–H and O–H groups in total. The van der Waals surface area contributed by atoms with E-state index in [9.17, 15) is 13.6 Å². The van der Waals surface area contributed by atoms with Gasteiger partial charge in [-0.15, -0.1) is 0 Å². The number of ether oxygens (including phenoxy) is 4. The Morgan fingerprint density at radius 1 is 1.10 bits per heavy atom. The summed E-state index contributed by atoms with van der Waals surface area (Å²) in [7, 11) is 4.39. The Labute approximate surface area is 172 Å². The Hall–Kier alpha value is -2.74. The minimum absolute atomic E-state index is 0.105. The third-order valence-corrected chi connectivity index (χ3v) is 4.26. The molecule has 0 aliphatic heterocycles. The fourth-order valence-electron chi connectivity index (χ4n) is 2.70. The highest BCUT2D eigenvalue weighted by atomic mass is 35.5. The van der Waals surface area contributed by atoms with Gasteiger partial charge in [-0.05, 0) is 36.8 Å². The van der Waals surface area contributed by atoms with Crippen LogP contribution in [0.15, 0.2) is 30.3 Å². The summed E-state index contributed by atoms with van der Waals surface area (Å²) in [6.45, 7) is -0.639. The number of halogens is 3. The van der Waals surface area contributed by atoms with E-state index in [0.29, 0.717) is 29.2 Å². The first kappa shape index (κ1) is 22.5. The van der Waals surface area contributed by atoms with Gasteiger partial charge in [-0.25, -0.2) is 0 Å². The molecule has 0 atom stereocenters. The zero-order chi connectivity index (χ0) is 21.6. The minimum Gasteiger partial charge on any atom is -0.493 e. The molecule has 0 saturated carbocycles. The van der Waals surface area contributed by atoms with Crippen molar-refractivity contribution in [3.05, 3.63) is 46.5 Å². The molecule has 0 spiro atoms. The molecule has 158 valence electrons. The number of methoxy groups -OCH3 is 2. The van der Waals surface area contributed by atoms with Crippen LogP contribution in [0, 0.1) is 0 Å². The zero-order valence-corrected chi connectivity index (χ0v) is 17.3. The number of alkyl halides is 2. The molecule has 0 fully saturated rings. The van der Waals surface area contributed by atoms with E-state index in [1.807, 2.05) is 6.92 Å². The Morgan fingerprint density at radius 2 is 1.79 bits per heavy atom. The van der Waals surface area contributed by atoms with E-state index in [-0.39, 0.29) is 29.0 Å². The fraction of sp³-hybridized carbons (Fsp3) is 0.350. The Kier molecular flexibility index (Phi) is 7.90. The highest BCUT2D eigenvalue weighted by molar-refractivity contribution is 6.32. The van der Waals surface area contributed by atoms with E-state index in [4.69, 9.17) is 25.8 Å². The molecule has 2 rings (SSSR count). The van der Waals surface area contributed by atoms with E-state index < -0.39 is 6.61 Å². The number of benzene rings is 2. The average Bonchev–Trinajstić information content (AvgIpc) is 2.68. The summed E-state index contributed by atoms with van der Waals surface area (Å²) < 4.78 is 45.4. The SMILES string of the molecule is CCOc1c(Cl)cc(C(=O)N(C)Cc2ccc(OC)c(OC(F)F)c2)cc1OC. The van der Waals surface area contributed by atoms with Gasteiger partial charge in [0, 0.05) is 19.2 Å². The predicted molar refractivity (Wildman–Crippen MR) is 105 cm³/mol. The fourth-order valence-corrected chi connectivity index (χ4v) is 2.97. The van der Waals surface area contributed by atoms with E-state index in [0.717, 1.165) is 0 Å². The quantitative estimate of drug-likeness (QED) is 0.581. The lowest BCUT2D eigenvalue weighted by molar-refractivity contribution is -0.0512. The van der Waals surface area contributed by atoms with Gasteiger partial charge >= 0.3 is 6.61 Å². The van der Waals surface area contributed by atoms with Gasteiger partial charge in [0.25, 0.3) is 5.91 Å². The molecule has 0 heterocycles. The lowest BCUT2D eigenvalue weighted by atomic mass is 10.1. The lowest BCUT2D eigenvalue weighted by Crippen LogP contribution is -2.26. The van der Waals surface area contributed by atoms with Crippen molar-refractivity contribution in [2.24, 2.45) is 0 Å². The van der Waals surface area contributed by atoms with Crippen LogP contribution in [0.2, 0.25) is 5.02 Å². The van der Waals surface area contributed by atoms with Crippen molar-refractivity contribution in [1.29, 1.82) is 0 Å². The molecule has 29 heavy (non-hydrogen) atoms. The molecular weight excluding hydrogens is 408 g/mol. The molecule has 0 saturated heterocycles. The summed E-state index contributed by atoms with van der Waals surface area (Å²) in [5.41, 5.74) is 0.886. The number of nitrogens with zero attached hydrogens (tertiary/aromatic N) is 1. The number of hydrogen-bond donors (Lipinski definition) is 0. The summed E-state index contributed by atoms with van der Waals surface area (Å²) >= 11 is 6.23. The van der Waals surface area contributed by atoms with Crippen molar-refractivity contribution < 1.29 is 32.5 Å². The number of rotatable bonds is 9. The highest BCUT2D eigenvalue weighted by Gasteiger charge is 2.19. The maximum absolute atomic E-state index is 12.8. The normalized spacial score (nSPS) is 10.6. The number of carbonyl (C=O) groups is 1. The van der Waals surface area contributed by atoms with Gasteiger partial charge < -0.3 is 23.8 Å². The van der Waals surface area contributed by atoms with Crippen LogP contribution in [0.5, 0.6) is 23.0 Å². The van der Waals surface area contributed by atoms with Crippen molar-refractivity contribution in [2.45, 2.75) is 20.1 Å². The van der Waals surface area contributed by atoms with Crippen molar-refractivity contribution in [3.8, 4) is 23.0 Å². The molecular formula is C20H22ClF2NO5. The maximum Gasteiger partial charge on any atom is 0.387 e. The van der Waals surface area contributed by atoms with Gasteiger partial charge in [-0.1, -0.05) is 17.7 Å². The Balaban J connectivity index is 2.24. The Morgan fingerprint density at radius 3 is 2.38 bits per heavy atom. The highest BCUT2D eigenvalue weighted by Crippen LogP contribution is 2.37. The largest absolute Gasteiger partial charge is 0.493 e. The van der Waals surface area contributed by atoms with Gasteiger partial charge in [0.15, 0.2) is 23.0 Å². The van der Waals surface area contributed by atoms with Crippen LogP contribution >= 0.6 is 11.6 Å². The number of amides is 1. The smallest absolute Gasteiger partial charge is 0.387 e. The molecule has 0 bridgehead atoms. The summed E-state index contributed by atoms with van der Waals surface area (Å²) in [4.78, 5) is 14.2. The molecule has 2 aromatic rings. The monoisotopic (exact) mass is 429 g/mol. The van der Waals surface area contributed by atoms with Crippen molar-refractivity contribution in [1.82, 2.24) is 4.90 Å². The topological polar surface area (TPSA) is 57.2 Å². The minimum atomic E-state index is -2.99. The number of carbonyl (C=O) groups excluding carboxylic acids is 1. The first-order valence-corrected chi connectivity index (χ1v) is 9.06. The van der Waals surface area contributed by atoms with Crippen LogP contribution in [0.1, 0.15) is 22.8 Å². The molecule has 0 aromatic heterocycles. The van der Waals surface area contributed by atoms with E-state index in [2.05, 4.69) is 4.74 Å². The van der Waals surface area contributed by atoms with Crippen LogP contribution in [-0.2, 0) is 6.54 Å². The molecule has 9 heteroatoms. The van der Waals surface area contributed by atoms with E-state index >= 15 is 0 Å². The van der Waals surface area contributed by atoms with Crippen LogP contribution in [0.4, 0.5) is 8.78 Å². The summed E-state index contributed by atoms with van der Waals surface area (Å²) in [5, 5.41) is 0.250. The Bertz CT molecular complexity index is 863. The van der Waals surface area contributed by atoms with Crippen LogP contribution in [0.25, 0.3) is 0 Å². The van der Waals surface area contributed by atoms with Gasteiger partial charge in [0.2, 0.25) is 0 Å². The molecule has 1 amide bonds. The number of hydrogen-bond acceptors (Lipinski definition) is 5. The third kappa shape index (κ3) is 5.63. The van der Waals surface area contributed by atoms with Gasteiger partial charge in [-0.2, -0.15) is 8.78 Å². The average molecular weight is 430 g/mol. The van der Waals surface area contributed by atoms with Gasteiger partial charge in [0.1, 0.15) is 0 Å². The van der Waals surface area contributed by atoms with Crippen LogP contribution < -0.4 is 18.9 Å². The second kappa shape index (κ2) is 10.2. The third-order valence-electron chi connectivity index (χ3n) is 3.98. The van der Waals surface area contributed by atoms with Crippen molar-refractivity contribution in [3.63, 3.8) is 0 Å². The first-order chi connectivity index (χ1) is 13.8. The van der Waals surface area contributed by atoms with Crippen LogP contribution in [0.3, 0.4) is 0 Å². The zero-order valence-electron chi connectivity index (χ0n) is 16.5. The lowest BCUT2D eigenvalue weighted by Gasteiger charge is -2.20. The standard InChI is InChI=1S/C20H22ClF2NO5/c1-5-28-18-14(21)9-13(10-17(18)27-4)19(25)24(2)11-12-6-7-15(26-3)16(8-12)29-20(22)23/h6-10,20H,5,11H2,1-4H3. The second-order valence-corrected chi connectivity index (χ2v) is 6.35. The molecule has 0 radical (unpaired) electrons. The molecule has 0 aliphatic carbocycles. The van der Waals surface area contributed by atoms with Crippen molar-refractivity contribution >= 4 is 17.5 Å². The van der Waals surface area contributed by atoms with Gasteiger partial charge in [-0.3, -0.25) is 4.79 Å². The summed E-state index contributed by atoms with van der Waals surface area (Å²) in [6, 6.07) is 7.59. The van der Waals surface area contributed by atoms with Crippen molar-refractivity contribution in [2.75, 3.05) is 27.9 Å². The summed E-state index contributed by atoms with van der Waals surface area (Å²) in [5.74, 6) is 0.436. The maximum atomic E-state index is 12.8. The van der Waals surface area contributed by atoms with E-state index in [1.165, 1.54) is 43.4 Å². The second-order valence-electron chi connectivity index (χ2n) is 5.95.